The van der Waals surface area contributed by atoms with Gasteiger partial charge in [-0.1, -0.05) is 38.1 Å². The summed E-state index contributed by atoms with van der Waals surface area (Å²) < 4.78 is 39.5. The zero-order valence-electron chi connectivity index (χ0n) is 13.5. The summed E-state index contributed by atoms with van der Waals surface area (Å²) in [7, 11) is -1.82. The van der Waals surface area contributed by atoms with E-state index < -0.39 is 13.0 Å². The molecule has 1 aliphatic rings. The Bertz CT molecular complexity index is 718. The smallest absolute Gasteiger partial charge is 0.418 e. The van der Waals surface area contributed by atoms with Crippen LogP contribution >= 0.6 is 0 Å². The zero-order chi connectivity index (χ0) is 17.6. The van der Waals surface area contributed by atoms with E-state index in [9.17, 15) is 22.4 Å². The van der Waals surface area contributed by atoms with E-state index in [4.69, 9.17) is 0 Å². The van der Waals surface area contributed by atoms with Gasteiger partial charge in [-0.2, -0.15) is 0 Å². The van der Waals surface area contributed by atoms with Gasteiger partial charge in [0.05, 0.1) is 25.0 Å². The fraction of sp³-hybridized carbons (Fsp3) is 0.375. The second kappa shape index (κ2) is 5.49. The van der Waals surface area contributed by atoms with Gasteiger partial charge in [0.15, 0.2) is 0 Å². The molecule has 3 rings (SSSR count). The summed E-state index contributed by atoms with van der Waals surface area (Å²) >= 11 is 0. The molecule has 2 aromatic rings. The lowest BCUT2D eigenvalue weighted by molar-refractivity contribution is -0.113. The van der Waals surface area contributed by atoms with E-state index in [0.29, 0.717) is 4.48 Å². The summed E-state index contributed by atoms with van der Waals surface area (Å²) in [5.41, 5.74) is 1.43. The van der Waals surface area contributed by atoms with Crippen molar-refractivity contribution in [2.75, 3.05) is 14.1 Å². The van der Waals surface area contributed by atoms with Gasteiger partial charge < -0.3 is 22.4 Å². The number of benzene rings is 2. The molecule has 1 N–H and O–H groups in total. The third kappa shape index (κ3) is 2.83. The summed E-state index contributed by atoms with van der Waals surface area (Å²) in [6.45, 7) is 4.18. The molecule has 0 spiro atoms. The highest BCUT2D eigenvalue weighted by atomic mass is 19.5. The molecule has 1 heterocycles. The van der Waals surface area contributed by atoms with Gasteiger partial charge in [-0.25, -0.2) is 0 Å². The van der Waals surface area contributed by atoms with Gasteiger partial charge in [-0.15, -0.1) is 0 Å². The highest BCUT2D eigenvalue weighted by molar-refractivity contribution is 6.50. The van der Waals surface area contributed by atoms with Crippen molar-refractivity contribution in [3.63, 3.8) is 0 Å². The maximum absolute atomic E-state index is 11.3. The van der Waals surface area contributed by atoms with Gasteiger partial charge in [0, 0.05) is 5.92 Å². The fourth-order valence-corrected chi connectivity index (χ4v) is 3.53. The van der Waals surface area contributed by atoms with Crippen LogP contribution in [0, 0.1) is 5.92 Å². The molecule has 0 aromatic heterocycles. The molecule has 1 aliphatic heterocycles. The molecule has 0 amide bonds. The molecule has 7 heteroatoms. The summed E-state index contributed by atoms with van der Waals surface area (Å²) in [6, 6.07) is 12.6. The van der Waals surface area contributed by atoms with Gasteiger partial charge in [-0.3, -0.25) is 4.48 Å². The van der Waals surface area contributed by atoms with Crippen LogP contribution in [-0.4, -0.2) is 26.5 Å². The molecule has 0 fully saturated rings. The van der Waals surface area contributed by atoms with Crippen molar-refractivity contribution in [1.82, 2.24) is 4.48 Å². The summed E-state index contributed by atoms with van der Waals surface area (Å²) in [6.07, 6.45) is 0. The maximum Gasteiger partial charge on any atom is 0.673 e. The summed E-state index contributed by atoms with van der Waals surface area (Å²) in [4.78, 5) is 0. The van der Waals surface area contributed by atoms with E-state index in [1.165, 1.54) is 16.5 Å². The molecule has 2 aromatic carbocycles. The van der Waals surface area contributed by atoms with Crippen molar-refractivity contribution in [1.29, 1.82) is 0 Å². The predicted octanol–water partition coefficient (Wildman–Crippen LogP) is 4.52. The predicted molar refractivity (Wildman–Crippen MR) is 86.5 cm³/mol. The first-order valence-electron chi connectivity index (χ1n) is 7.37. The Balaban J connectivity index is 0.000000338. The maximum atomic E-state index is 11.3. The van der Waals surface area contributed by atoms with E-state index in [1.54, 1.807) is 0 Å². The van der Waals surface area contributed by atoms with Crippen molar-refractivity contribution < 1.29 is 22.4 Å². The molecule has 2 nitrogen and oxygen atoms in total. The van der Waals surface area contributed by atoms with Gasteiger partial charge in [0.25, 0.3) is 0 Å². The number of nitrogens with zero attached hydrogens (tertiary/aromatic N) is 1. The average molecular weight is 329 g/mol. The van der Waals surface area contributed by atoms with Crippen LogP contribution in [0.15, 0.2) is 36.4 Å². The van der Waals surface area contributed by atoms with Gasteiger partial charge in [0.1, 0.15) is 5.69 Å². The minimum atomic E-state index is -6.00. The first kappa shape index (κ1) is 17.8. The van der Waals surface area contributed by atoms with Crippen LogP contribution in [0.5, 0.6) is 0 Å². The van der Waals surface area contributed by atoms with Crippen molar-refractivity contribution in [3.8, 4) is 0 Å². The molecule has 0 saturated carbocycles. The minimum absolute atomic E-state index is 0.158. The van der Waals surface area contributed by atoms with Crippen LogP contribution in [0.1, 0.15) is 19.4 Å². The topological polar surface area (TPSA) is 20.2 Å². The Kier molecular flexibility index (Phi) is 4.24. The van der Waals surface area contributed by atoms with E-state index >= 15 is 0 Å². The van der Waals surface area contributed by atoms with E-state index in [-0.39, 0.29) is 5.92 Å². The Hall–Kier alpha value is -1.60. The molecule has 0 radical (unpaired) electrons. The van der Waals surface area contributed by atoms with Crippen molar-refractivity contribution in [2.24, 2.45) is 5.92 Å². The van der Waals surface area contributed by atoms with Crippen molar-refractivity contribution in [3.05, 3.63) is 42.0 Å². The zero-order valence-corrected chi connectivity index (χ0v) is 13.5. The van der Waals surface area contributed by atoms with Gasteiger partial charge >= 0.3 is 7.25 Å². The first-order chi connectivity index (χ1) is 10.4. The molecular weight excluding hydrogens is 309 g/mol. The highest BCUT2D eigenvalue weighted by Crippen LogP contribution is 2.52. The van der Waals surface area contributed by atoms with Gasteiger partial charge in [0.2, 0.25) is 5.72 Å². The lowest BCUT2D eigenvalue weighted by Gasteiger charge is -2.42. The van der Waals surface area contributed by atoms with Crippen LogP contribution in [0.25, 0.3) is 10.8 Å². The first-order valence-corrected chi connectivity index (χ1v) is 7.37. The lowest BCUT2D eigenvalue weighted by Crippen LogP contribution is -2.58. The number of aliphatic hydroxyl groups is 1. The second-order valence-electron chi connectivity index (χ2n) is 6.51. The third-order valence-electron chi connectivity index (χ3n) is 4.54. The fourth-order valence-electron chi connectivity index (χ4n) is 3.53. The number of hydrogen-bond acceptors (Lipinski definition) is 1. The lowest BCUT2D eigenvalue weighted by atomic mass is 9.90. The van der Waals surface area contributed by atoms with E-state index in [2.05, 4.69) is 58.3 Å². The molecule has 0 aliphatic carbocycles. The number of halogens is 4. The van der Waals surface area contributed by atoms with Crippen LogP contribution in [0.3, 0.4) is 0 Å². The van der Waals surface area contributed by atoms with Crippen molar-refractivity contribution in [2.45, 2.75) is 19.6 Å². The molecule has 23 heavy (non-hydrogen) atoms. The average Bonchev–Trinajstić information content (AvgIpc) is 2.59. The third-order valence-corrected chi connectivity index (χ3v) is 4.54. The van der Waals surface area contributed by atoms with Crippen molar-refractivity contribution >= 4 is 23.7 Å². The van der Waals surface area contributed by atoms with E-state index in [1.807, 2.05) is 6.07 Å². The van der Waals surface area contributed by atoms with E-state index in [0.717, 1.165) is 5.56 Å². The van der Waals surface area contributed by atoms with Crippen LogP contribution in [0.2, 0.25) is 0 Å². The normalized spacial score (nSPS) is 22.2. The highest BCUT2D eigenvalue weighted by Gasteiger charge is 2.56. The Morgan fingerprint density at radius 3 is 1.96 bits per heavy atom. The monoisotopic (exact) mass is 329 g/mol. The molecule has 0 unspecified atom stereocenters. The number of rotatable bonds is 1. The Labute approximate surface area is 133 Å². The molecule has 126 valence electrons. The van der Waals surface area contributed by atoms with Gasteiger partial charge in [-0.05, 0) is 17.5 Å². The largest absolute Gasteiger partial charge is 0.673 e. The Morgan fingerprint density at radius 1 is 1.00 bits per heavy atom. The summed E-state index contributed by atoms with van der Waals surface area (Å²) in [5, 5.41) is 13.7. The molecule has 0 bridgehead atoms. The number of quaternary nitrogens is 1. The molecule has 1 atom stereocenters. The molecule has 0 saturated heterocycles. The quantitative estimate of drug-likeness (QED) is 0.463. The minimum Gasteiger partial charge on any atom is -0.418 e. The van der Waals surface area contributed by atoms with Crippen LogP contribution in [-0.2, 0) is 5.72 Å². The molecular formula is C16H20BF4NO. The SMILES string of the molecule is CC(C)[C@]1(O)c2cccc3cccc(c23)[N+]1(C)C.F[B-](F)(F)F. The van der Waals surface area contributed by atoms with Crippen LogP contribution < -0.4 is 4.48 Å². The summed E-state index contributed by atoms with van der Waals surface area (Å²) in [5.74, 6) is 0.158. The standard InChI is InChI=1S/C16H20NO.BF4/c1-11(2)16(18)13-9-5-7-12-8-6-10-14(15(12)13)17(16,3)4;2-1(3,4)5/h5-11,18H,1-4H3;/q+1;-1/t16-;/m0./s1. The van der Waals surface area contributed by atoms with Crippen LogP contribution in [0.4, 0.5) is 23.0 Å². The number of hydrogen-bond donors (Lipinski definition) is 1. The second-order valence-corrected chi connectivity index (χ2v) is 6.51. The Morgan fingerprint density at radius 2 is 1.48 bits per heavy atom.